The molecule has 0 spiro atoms. The first-order valence-corrected chi connectivity index (χ1v) is 4.44. The third-order valence-corrected chi connectivity index (χ3v) is 2.30. The van der Waals surface area contributed by atoms with Crippen LogP contribution in [0.4, 0.5) is 5.69 Å². The van der Waals surface area contributed by atoms with Crippen LogP contribution < -0.4 is 5.73 Å². The van der Waals surface area contributed by atoms with E-state index in [9.17, 15) is 0 Å². The third-order valence-electron chi connectivity index (χ3n) is 2.30. The summed E-state index contributed by atoms with van der Waals surface area (Å²) in [5, 5.41) is 1.71. The molecule has 0 saturated heterocycles. The van der Waals surface area contributed by atoms with Crippen molar-refractivity contribution in [3.05, 3.63) is 31.1 Å². The van der Waals surface area contributed by atoms with E-state index in [2.05, 4.69) is 19.9 Å². The normalized spacial score (nSPS) is 10.9. The van der Waals surface area contributed by atoms with Gasteiger partial charge in [-0.1, -0.05) is 0 Å². The number of aromatic nitrogens is 4. The molecule has 0 aliphatic carbocycles. The molecule has 72 valence electrons. The zero-order valence-corrected chi connectivity index (χ0v) is 7.75. The zero-order chi connectivity index (χ0) is 10.3. The minimum Gasteiger partial charge on any atom is -0.398 e. The van der Waals surface area contributed by atoms with Crippen molar-refractivity contribution < 1.29 is 0 Å². The van der Waals surface area contributed by atoms with Gasteiger partial charge in [0.2, 0.25) is 0 Å². The predicted octanol–water partition coefficient (Wildman–Crippen LogP) is 1.16. The summed E-state index contributed by atoms with van der Waals surface area (Å²) >= 11 is 0. The summed E-state index contributed by atoms with van der Waals surface area (Å²) in [7, 11) is 0. The predicted molar refractivity (Wildman–Crippen MR) is 57.0 cm³/mol. The number of nitrogens with zero attached hydrogens (tertiary/aromatic N) is 4. The summed E-state index contributed by atoms with van der Waals surface area (Å²) in [4.78, 5) is 16.3. The molecule has 0 amide bonds. The molecule has 0 unspecified atom stereocenters. The van der Waals surface area contributed by atoms with Crippen LogP contribution in [-0.4, -0.2) is 19.9 Å². The van der Waals surface area contributed by atoms with E-state index in [0.29, 0.717) is 5.69 Å². The Balaban J connectivity index is 2.64. The fourth-order valence-electron chi connectivity index (χ4n) is 1.62. The number of nitrogens with two attached hydrogens (primary N) is 1. The Morgan fingerprint density at radius 1 is 0.933 bits per heavy atom. The molecule has 0 aliphatic rings. The highest BCUT2D eigenvalue weighted by Crippen LogP contribution is 2.25. The molecular weight excluding hydrogens is 190 g/mol. The average molecular weight is 197 g/mol. The number of anilines is 1. The Labute approximate surface area is 85.0 Å². The lowest BCUT2D eigenvalue weighted by molar-refractivity contribution is 1.20. The highest BCUT2D eigenvalue weighted by molar-refractivity contribution is 6.07. The standard InChI is InChI=1S/C10H7N5/c11-8-1-6-2-12-4-14-9(6)10-7(8)3-13-5-15-10/h1-5H,11H2. The first-order chi connectivity index (χ1) is 7.36. The van der Waals surface area contributed by atoms with Crippen LogP contribution in [0.1, 0.15) is 0 Å². The maximum atomic E-state index is 5.89. The van der Waals surface area contributed by atoms with Crippen LogP contribution in [0.15, 0.2) is 31.1 Å². The van der Waals surface area contributed by atoms with Gasteiger partial charge < -0.3 is 5.73 Å². The smallest absolute Gasteiger partial charge is 0.116 e. The molecule has 5 heteroatoms. The minimum absolute atomic E-state index is 0.646. The van der Waals surface area contributed by atoms with Crippen LogP contribution >= 0.6 is 0 Å². The number of hydrogen-bond donors (Lipinski definition) is 1. The Morgan fingerprint density at radius 2 is 1.67 bits per heavy atom. The van der Waals surface area contributed by atoms with Gasteiger partial charge >= 0.3 is 0 Å². The lowest BCUT2D eigenvalue weighted by atomic mass is 10.1. The van der Waals surface area contributed by atoms with E-state index in [0.717, 1.165) is 21.8 Å². The lowest BCUT2D eigenvalue weighted by Gasteiger charge is -2.03. The highest BCUT2D eigenvalue weighted by atomic mass is 14.9. The minimum atomic E-state index is 0.646. The fourth-order valence-corrected chi connectivity index (χ4v) is 1.62. The SMILES string of the molecule is Nc1cc2cncnc2c2ncncc12. The lowest BCUT2D eigenvalue weighted by Crippen LogP contribution is -1.93. The second-order valence-electron chi connectivity index (χ2n) is 3.21. The van der Waals surface area contributed by atoms with Gasteiger partial charge in [0.1, 0.15) is 23.7 Å². The summed E-state index contributed by atoms with van der Waals surface area (Å²) in [6.45, 7) is 0. The van der Waals surface area contributed by atoms with Gasteiger partial charge in [-0.3, -0.25) is 0 Å². The second kappa shape index (κ2) is 2.84. The quantitative estimate of drug-likeness (QED) is 0.432. The molecule has 0 aliphatic heterocycles. The molecule has 0 radical (unpaired) electrons. The molecule has 3 rings (SSSR count). The number of hydrogen-bond acceptors (Lipinski definition) is 5. The maximum Gasteiger partial charge on any atom is 0.116 e. The van der Waals surface area contributed by atoms with Crippen LogP contribution in [0.25, 0.3) is 21.8 Å². The molecule has 0 fully saturated rings. The van der Waals surface area contributed by atoms with Gasteiger partial charge in [-0.2, -0.15) is 0 Å². The number of benzene rings is 1. The first kappa shape index (κ1) is 8.05. The molecule has 2 heterocycles. The van der Waals surface area contributed by atoms with E-state index in [1.165, 1.54) is 12.7 Å². The van der Waals surface area contributed by atoms with E-state index >= 15 is 0 Å². The first-order valence-electron chi connectivity index (χ1n) is 4.44. The van der Waals surface area contributed by atoms with Crippen molar-refractivity contribution in [3.63, 3.8) is 0 Å². The van der Waals surface area contributed by atoms with Crippen molar-refractivity contribution >= 4 is 27.5 Å². The van der Waals surface area contributed by atoms with Gasteiger partial charge in [0.05, 0.1) is 0 Å². The van der Waals surface area contributed by atoms with Crippen LogP contribution in [0.5, 0.6) is 0 Å². The van der Waals surface area contributed by atoms with E-state index in [4.69, 9.17) is 5.73 Å². The van der Waals surface area contributed by atoms with Crippen molar-refractivity contribution in [2.75, 3.05) is 5.73 Å². The summed E-state index contributed by atoms with van der Waals surface area (Å²) in [5.74, 6) is 0. The van der Waals surface area contributed by atoms with Crippen LogP contribution in [0.2, 0.25) is 0 Å². The largest absolute Gasteiger partial charge is 0.398 e. The Hall–Kier alpha value is -2.30. The van der Waals surface area contributed by atoms with E-state index in [1.54, 1.807) is 12.4 Å². The molecule has 1 aromatic carbocycles. The van der Waals surface area contributed by atoms with Gasteiger partial charge in [0.25, 0.3) is 0 Å². The zero-order valence-electron chi connectivity index (χ0n) is 7.75. The third kappa shape index (κ3) is 1.10. The molecule has 0 atom stereocenters. The van der Waals surface area contributed by atoms with Crippen molar-refractivity contribution in [2.24, 2.45) is 0 Å². The monoisotopic (exact) mass is 197 g/mol. The van der Waals surface area contributed by atoms with E-state index in [1.807, 2.05) is 6.07 Å². The van der Waals surface area contributed by atoms with E-state index in [-0.39, 0.29) is 0 Å². The van der Waals surface area contributed by atoms with Gasteiger partial charge in [0.15, 0.2) is 0 Å². The fraction of sp³-hybridized carbons (Fsp3) is 0. The molecule has 5 nitrogen and oxygen atoms in total. The van der Waals surface area contributed by atoms with Crippen LogP contribution in [-0.2, 0) is 0 Å². The van der Waals surface area contributed by atoms with Crippen LogP contribution in [0.3, 0.4) is 0 Å². The summed E-state index contributed by atoms with van der Waals surface area (Å²) in [6.07, 6.45) is 6.41. The van der Waals surface area contributed by atoms with Crippen LogP contribution in [0, 0.1) is 0 Å². The molecule has 0 saturated carbocycles. The molecular formula is C10H7N5. The maximum absolute atomic E-state index is 5.89. The van der Waals surface area contributed by atoms with Crippen molar-refractivity contribution in [3.8, 4) is 0 Å². The summed E-state index contributed by atoms with van der Waals surface area (Å²) in [6, 6.07) is 1.83. The van der Waals surface area contributed by atoms with Gasteiger partial charge in [-0.05, 0) is 6.07 Å². The van der Waals surface area contributed by atoms with Gasteiger partial charge in [-0.15, -0.1) is 0 Å². The number of rotatable bonds is 0. The van der Waals surface area contributed by atoms with Gasteiger partial charge in [0, 0.05) is 28.9 Å². The topological polar surface area (TPSA) is 77.6 Å². The van der Waals surface area contributed by atoms with Crippen molar-refractivity contribution in [2.45, 2.75) is 0 Å². The Bertz CT molecular complexity index is 649. The van der Waals surface area contributed by atoms with Crippen molar-refractivity contribution in [1.29, 1.82) is 0 Å². The molecule has 0 bridgehead atoms. The van der Waals surface area contributed by atoms with E-state index < -0.39 is 0 Å². The molecule has 2 aromatic heterocycles. The summed E-state index contributed by atoms with van der Waals surface area (Å²) < 4.78 is 0. The number of nitrogen functional groups attached to an aromatic ring is 1. The molecule has 2 N–H and O–H groups in total. The Morgan fingerprint density at radius 3 is 2.53 bits per heavy atom. The Kier molecular flexibility index (Phi) is 1.53. The number of fused-ring (bicyclic) bond motifs is 3. The molecule has 3 aromatic rings. The van der Waals surface area contributed by atoms with Gasteiger partial charge in [-0.25, -0.2) is 19.9 Å². The average Bonchev–Trinajstić information content (AvgIpc) is 2.30. The molecule has 15 heavy (non-hydrogen) atoms. The highest BCUT2D eigenvalue weighted by Gasteiger charge is 2.05. The van der Waals surface area contributed by atoms with Crippen molar-refractivity contribution in [1.82, 2.24) is 19.9 Å². The summed E-state index contributed by atoms with van der Waals surface area (Å²) in [5.41, 5.74) is 8.10. The second-order valence-corrected chi connectivity index (χ2v) is 3.21.